The van der Waals surface area contributed by atoms with E-state index >= 15 is 0 Å². The molecule has 0 aliphatic heterocycles. The highest BCUT2D eigenvalue weighted by Crippen LogP contribution is 2.26. The van der Waals surface area contributed by atoms with Gasteiger partial charge in [-0.1, -0.05) is 47.7 Å². The summed E-state index contributed by atoms with van der Waals surface area (Å²) >= 11 is 7.02. The molecule has 3 rings (SSSR count). The Morgan fingerprint density at radius 2 is 1.81 bits per heavy atom. The van der Waals surface area contributed by atoms with Crippen LogP contribution in [0.4, 0.5) is 10.8 Å². The van der Waals surface area contributed by atoms with Gasteiger partial charge in [-0.2, -0.15) is 0 Å². The van der Waals surface area contributed by atoms with Crippen molar-refractivity contribution in [2.24, 2.45) is 0 Å². The molecule has 3 aromatic rings. The number of benzene rings is 2. The molecule has 6 nitrogen and oxygen atoms in total. The van der Waals surface area contributed by atoms with Gasteiger partial charge in [-0.3, -0.25) is 14.9 Å². The molecule has 2 N–H and O–H groups in total. The second-order valence-corrected chi connectivity index (χ2v) is 7.05. The molecule has 1 atom stereocenters. The fraction of sp³-hybridized carbons (Fsp3) is 0.111. The number of carbonyl (C=O) groups excluding carboxylic acids is 2. The fourth-order valence-electron chi connectivity index (χ4n) is 2.12. The van der Waals surface area contributed by atoms with Gasteiger partial charge < -0.3 is 5.32 Å². The van der Waals surface area contributed by atoms with Gasteiger partial charge in [0.2, 0.25) is 11.0 Å². The van der Waals surface area contributed by atoms with E-state index < -0.39 is 5.38 Å². The molecule has 26 heavy (non-hydrogen) atoms. The molecule has 132 valence electrons. The van der Waals surface area contributed by atoms with Gasteiger partial charge in [0.25, 0.3) is 5.91 Å². The predicted molar refractivity (Wildman–Crippen MR) is 104 cm³/mol. The summed E-state index contributed by atoms with van der Waals surface area (Å²) in [5.41, 5.74) is 1.82. The van der Waals surface area contributed by atoms with E-state index in [0.717, 1.165) is 10.6 Å². The van der Waals surface area contributed by atoms with Crippen LogP contribution in [0.2, 0.25) is 0 Å². The molecule has 0 spiro atoms. The van der Waals surface area contributed by atoms with E-state index in [4.69, 9.17) is 11.6 Å². The average Bonchev–Trinajstić information content (AvgIpc) is 3.11. The zero-order chi connectivity index (χ0) is 18.5. The van der Waals surface area contributed by atoms with E-state index in [1.165, 1.54) is 11.3 Å². The molecule has 0 radical (unpaired) electrons. The molecule has 0 aliphatic rings. The normalized spacial score (nSPS) is 11.6. The van der Waals surface area contributed by atoms with Crippen LogP contribution in [0.1, 0.15) is 17.3 Å². The molecule has 0 saturated heterocycles. The Morgan fingerprint density at radius 1 is 1.04 bits per heavy atom. The van der Waals surface area contributed by atoms with Gasteiger partial charge in [-0.15, -0.1) is 21.8 Å². The van der Waals surface area contributed by atoms with Crippen molar-refractivity contribution < 1.29 is 9.59 Å². The minimum Gasteiger partial charge on any atom is -0.325 e. The summed E-state index contributed by atoms with van der Waals surface area (Å²) in [6.45, 7) is 1.58. The Kier molecular flexibility index (Phi) is 5.60. The monoisotopic (exact) mass is 386 g/mol. The Balaban J connectivity index is 1.71. The summed E-state index contributed by atoms with van der Waals surface area (Å²) in [5, 5.41) is 13.9. The molecular weight excluding hydrogens is 372 g/mol. The van der Waals surface area contributed by atoms with E-state index in [1.54, 1.807) is 31.2 Å². The molecule has 0 bridgehead atoms. The van der Waals surface area contributed by atoms with E-state index in [0.29, 0.717) is 16.4 Å². The Bertz CT molecular complexity index is 928. The van der Waals surface area contributed by atoms with Crippen molar-refractivity contribution in [1.29, 1.82) is 0 Å². The van der Waals surface area contributed by atoms with Crippen molar-refractivity contribution in [2.45, 2.75) is 12.3 Å². The summed E-state index contributed by atoms with van der Waals surface area (Å²) in [6, 6.07) is 16.2. The second kappa shape index (κ2) is 8.07. The first-order valence-corrected chi connectivity index (χ1v) is 9.03. The summed E-state index contributed by atoms with van der Waals surface area (Å²) in [4.78, 5) is 24.1. The largest absolute Gasteiger partial charge is 0.325 e. The number of amides is 2. The number of nitrogens with one attached hydrogen (secondary N) is 2. The van der Waals surface area contributed by atoms with E-state index in [9.17, 15) is 9.59 Å². The predicted octanol–water partition coefficient (Wildman–Crippen LogP) is 4.02. The minimum atomic E-state index is -0.662. The van der Waals surface area contributed by atoms with Crippen molar-refractivity contribution >= 4 is 45.6 Å². The number of hydrogen-bond acceptors (Lipinski definition) is 5. The van der Waals surface area contributed by atoms with Crippen LogP contribution in [-0.4, -0.2) is 27.4 Å². The summed E-state index contributed by atoms with van der Waals surface area (Å²) < 4.78 is 0. The Hall–Kier alpha value is -2.77. The smallest absolute Gasteiger partial charge is 0.257 e. The molecule has 2 amide bonds. The standard InChI is InChI=1S/C18H15ClN4O2S/c1-11(19)15(24)20-14-9-5-8-13(10-14)16(25)21-18-23-22-17(26-18)12-6-3-2-4-7-12/h2-11H,1H3,(H,20,24)(H,21,23,25)/t11-/m0/s1. The third kappa shape index (κ3) is 4.44. The molecule has 1 aromatic heterocycles. The molecule has 2 aromatic carbocycles. The maximum atomic E-state index is 12.4. The number of halogens is 1. The van der Waals surface area contributed by atoms with Crippen LogP contribution in [0.25, 0.3) is 10.6 Å². The van der Waals surface area contributed by atoms with Crippen LogP contribution in [0.3, 0.4) is 0 Å². The highest BCUT2D eigenvalue weighted by Gasteiger charge is 2.13. The van der Waals surface area contributed by atoms with Gasteiger partial charge in [-0.25, -0.2) is 0 Å². The lowest BCUT2D eigenvalue weighted by Crippen LogP contribution is -2.20. The maximum absolute atomic E-state index is 12.4. The SMILES string of the molecule is C[C@H](Cl)C(=O)Nc1cccc(C(=O)Nc2nnc(-c3ccccc3)s2)c1. The number of aromatic nitrogens is 2. The number of carbonyl (C=O) groups is 2. The highest BCUT2D eigenvalue weighted by molar-refractivity contribution is 7.18. The van der Waals surface area contributed by atoms with Crippen molar-refractivity contribution in [1.82, 2.24) is 10.2 Å². The molecule has 1 heterocycles. The van der Waals surface area contributed by atoms with E-state index in [1.807, 2.05) is 30.3 Å². The summed E-state index contributed by atoms with van der Waals surface area (Å²) in [5.74, 6) is -0.670. The number of nitrogens with zero attached hydrogens (tertiary/aromatic N) is 2. The number of rotatable bonds is 5. The van der Waals surface area contributed by atoms with Gasteiger partial charge in [0.05, 0.1) is 0 Å². The molecule has 8 heteroatoms. The quantitative estimate of drug-likeness (QED) is 0.648. The van der Waals surface area contributed by atoms with Crippen molar-refractivity contribution in [3.8, 4) is 10.6 Å². The highest BCUT2D eigenvalue weighted by atomic mass is 35.5. The van der Waals surface area contributed by atoms with Gasteiger partial charge in [0.1, 0.15) is 10.4 Å². The van der Waals surface area contributed by atoms with Gasteiger partial charge in [-0.05, 0) is 25.1 Å². The number of hydrogen-bond donors (Lipinski definition) is 2. The lowest BCUT2D eigenvalue weighted by atomic mass is 10.2. The zero-order valence-electron chi connectivity index (χ0n) is 13.8. The third-order valence-corrected chi connectivity index (χ3v) is 4.51. The third-order valence-electron chi connectivity index (χ3n) is 3.42. The summed E-state index contributed by atoms with van der Waals surface area (Å²) in [7, 11) is 0. The lowest BCUT2D eigenvalue weighted by molar-refractivity contribution is -0.115. The minimum absolute atomic E-state index is 0.333. The first kappa shape index (κ1) is 18.0. The van der Waals surface area contributed by atoms with Crippen LogP contribution < -0.4 is 10.6 Å². The number of alkyl halides is 1. The first-order chi connectivity index (χ1) is 12.5. The van der Waals surface area contributed by atoms with Gasteiger partial charge >= 0.3 is 0 Å². The van der Waals surface area contributed by atoms with Gasteiger partial charge in [0.15, 0.2) is 0 Å². The van der Waals surface area contributed by atoms with E-state index in [2.05, 4.69) is 20.8 Å². The zero-order valence-corrected chi connectivity index (χ0v) is 15.3. The van der Waals surface area contributed by atoms with Crippen LogP contribution in [-0.2, 0) is 4.79 Å². The molecule has 0 saturated carbocycles. The summed E-state index contributed by atoms with van der Waals surface area (Å²) in [6.07, 6.45) is 0. The van der Waals surface area contributed by atoms with Crippen LogP contribution in [0.5, 0.6) is 0 Å². The number of anilines is 2. The topological polar surface area (TPSA) is 84.0 Å². The Morgan fingerprint density at radius 3 is 2.54 bits per heavy atom. The van der Waals surface area contributed by atoms with E-state index in [-0.39, 0.29) is 11.8 Å². The molecule has 0 aliphatic carbocycles. The first-order valence-electron chi connectivity index (χ1n) is 7.78. The maximum Gasteiger partial charge on any atom is 0.257 e. The van der Waals surface area contributed by atoms with Crippen LogP contribution in [0.15, 0.2) is 54.6 Å². The average molecular weight is 387 g/mol. The molecular formula is C18H15ClN4O2S. The van der Waals surface area contributed by atoms with Gasteiger partial charge in [0, 0.05) is 16.8 Å². The van der Waals surface area contributed by atoms with Crippen LogP contribution in [0, 0.1) is 0 Å². The molecule has 0 unspecified atom stereocenters. The molecule has 0 fully saturated rings. The lowest BCUT2D eigenvalue weighted by Gasteiger charge is -2.08. The van der Waals surface area contributed by atoms with Crippen molar-refractivity contribution in [3.05, 3.63) is 60.2 Å². The second-order valence-electron chi connectivity index (χ2n) is 5.42. The van der Waals surface area contributed by atoms with Crippen LogP contribution >= 0.6 is 22.9 Å². The van der Waals surface area contributed by atoms with Crippen molar-refractivity contribution in [3.63, 3.8) is 0 Å². The Labute approximate surface area is 159 Å². The fourth-order valence-corrected chi connectivity index (χ4v) is 2.92. The van der Waals surface area contributed by atoms with Crippen molar-refractivity contribution in [2.75, 3.05) is 10.6 Å².